The molecule has 0 saturated heterocycles. The molecule has 1 atom stereocenters. The van der Waals surface area contributed by atoms with Gasteiger partial charge >= 0.3 is 0 Å². The van der Waals surface area contributed by atoms with Crippen LogP contribution in [0.1, 0.15) is 38.5 Å². The van der Waals surface area contributed by atoms with Crippen LogP contribution in [0.15, 0.2) is 0 Å². The number of hydrogen-bond acceptors (Lipinski definition) is 4. The van der Waals surface area contributed by atoms with Gasteiger partial charge in [0.25, 0.3) is 0 Å². The SMILES string of the molecule is CNC1(CC(=O)NCC(O)COC)CCCCC1. The largest absolute Gasteiger partial charge is 0.389 e. The van der Waals surface area contributed by atoms with Crippen LogP contribution in [0.5, 0.6) is 0 Å². The van der Waals surface area contributed by atoms with E-state index in [4.69, 9.17) is 4.74 Å². The van der Waals surface area contributed by atoms with E-state index in [0.29, 0.717) is 6.42 Å². The molecule has 0 aromatic heterocycles. The molecule has 0 bridgehead atoms. The van der Waals surface area contributed by atoms with Crippen LogP contribution in [0.25, 0.3) is 0 Å². The van der Waals surface area contributed by atoms with Gasteiger partial charge in [0, 0.05) is 25.6 Å². The third kappa shape index (κ3) is 4.92. The molecule has 0 aliphatic heterocycles. The molecule has 1 unspecified atom stereocenters. The molecular formula is C13H26N2O3. The summed E-state index contributed by atoms with van der Waals surface area (Å²) < 4.78 is 4.81. The molecule has 5 nitrogen and oxygen atoms in total. The zero-order valence-corrected chi connectivity index (χ0v) is 11.5. The summed E-state index contributed by atoms with van der Waals surface area (Å²) in [5, 5.41) is 15.5. The standard InChI is InChI=1S/C13H26N2O3/c1-14-13(6-4-3-5-7-13)8-12(17)15-9-11(16)10-18-2/h11,14,16H,3-10H2,1-2H3,(H,15,17). The van der Waals surface area contributed by atoms with E-state index >= 15 is 0 Å². The van der Waals surface area contributed by atoms with Crippen molar-refractivity contribution < 1.29 is 14.6 Å². The molecule has 18 heavy (non-hydrogen) atoms. The smallest absolute Gasteiger partial charge is 0.221 e. The summed E-state index contributed by atoms with van der Waals surface area (Å²) in [5.74, 6) is 0.00130. The number of nitrogens with one attached hydrogen (secondary N) is 2. The fraction of sp³-hybridized carbons (Fsp3) is 0.923. The molecule has 0 aromatic rings. The van der Waals surface area contributed by atoms with Crippen LogP contribution < -0.4 is 10.6 Å². The Hall–Kier alpha value is -0.650. The lowest BCUT2D eigenvalue weighted by Gasteiger charge is -2.36. The zero-order chi connectivity index (χ0) is 13.4. The summed E-state index contributed by atoms with van der Waals surface area (Å²) in [4.78, 5) is 11.9. The van der Waals surface area contributed by atoms with Gasteiger partial charge in [-0.25, -0.2) is 0 Å². The average Bonchev–Trinajstić information content (AvgIpc) is 2.38. The molecular weight excluding hydrogens is 232 g/mol. The van der Waals surface area contributed by atoms with Crippen LogP contribution in [0.2, 0.25) is 0 Å². The molecule has 0 heterocycles. The number of aliphatic hydroxyl groups excluding tert-OH is 1. The monoisotopic (exact) mass is 258 g/mol. The lowest BCUT2D eigenvalue weighted by atomic mass is 9.79. The van der Waals surface area contributed by atoms with Gasteiger partial charge < -0.3 is 20.5 Å². The van der Waals surface area contributed by atoms with Crippen molar-refractivity contribution in [1.82, 2.24) is 10.6 Å². The summed E-state index contributed by atoms with van der Waals surface area (Å²) in [6.07, 6.45) is 5.59. The summed E-state index contributed by atoms with van der Waals surface area (Å²) in [7, 11) is 3.46. The van der Waals surface area contributed by atoms with Crippen LogP contribution in [-0.4, -0.2) is 50.0 Å². The minimum Gasteiger partial charge on any atom is -0.389 e. The molecule has 0 spiro atoms. The normalized spacial score (nSPS) is 20.4. The predicted molar refractivity (Wildman–Crippen MR) is 70.4 cm³/mol. The summed E-state index contributed by atoms with van der Waals surface area (Å²) in [5.41, 5.74) is -0.0471. The average molecular weight is 258 g/mol. The van der Waals surface area contributed by atoms with Crippen LogP contribution in [0, 0.1) is 0 Å². The van der Waals surface area contributed by atoms with Gasteiger partial charge in [-0.15, -0.1) is 0 Å². The Morgan fingerprint density at radius 3 is 2.61 bits per heavy atom. The van der Waals surface area contributed by atoms with Crippen LogP contribution >= 0.6 is 0 Å². The number of amides is 1. The Labute approximate surface area is 109 Å². The first kappa shape index (κ1) is 15.4. The number of rotatable bonds is 7. The maximum Gasteiger partial charge on any atom is 0.221 e. The Kier molecular flexibility index (Phi) is 6.60. The van der Waals surface area contributed by atoms with Crippen molar-refractivity contribution in [2.45, 2.75) is 50.2 Å². The zero-order valence-electron chi connectivity index (χ0n) is 11.5. The molecule has 1 saturated carbocycles. The van der Waals surface area contributed by atoms with Gasteiger partial charge in [0.1, 0.15) is 0 Å². The van der Waals surface area contributed by atoms with Crippen LogP contribution in [0.4, 0.5) is 0 Å². The van der Waals surface area contributed by atoms with Crippen molar-refractivity contribution in [3.8, 4) is 0 Å². The first-order chi connectivity index (χ1) is 8.62. The van der Waals surface area contributed by atoms with Crippen molar-refractivity contribution in [2.75, 3.05) is 27.3 Å². The van der Waals surface area contributed by atoms with E-state index < -0.39 is 6.10 Å². The lowest BCUT2D eigenvalue weighted by Crippen LogP contribution is -2.49. The number of carbonyl (C=O) groups excluding carboxylic acids is 1. The molecule has 1 fully saturated rings. The number of carbonyl (C=O) groups is 1. The second-order valence-corrected chi connectivity index (χ2v) is 5.18. The topological polar surface area (TPSA) is 70.6 Å². The number of aliphatic hydroxyl groups is 1. The molecule has 0 aromatic carbocycles. The molecule has 1 aliphatic carbocycles. The van der Waals surface area contributed by atoms with Gasteiger partial charge in [-0.1, -0.05) is 19.3 Å². The minimum absolute atomic E-state index is 0.00130. The molecule has 1 rings (SSSR count). The first-order valence-corrected chi connectivity index (χ1v) is 6.74. The molecule has 5 heteroatoms. The highest BCUT2D eigenvalue weighted by atomic mass is 16.5. The number of hydrogen-bond donors (Lipinski definition) is 3. The molecule has 1 aliphatic rings. The van der Waals surface area contributed by atoms with Gasteiger partial charge in [-0.2, -0.15) is 0 Å². The minimum atomic E-state index is -0.629. The Morgan fingerprint density at radius 2 is 2.06 bits per heavy atom. The highest BCUT2D eigenvalue weighted by Gasteiger charge is 2.32. The Balaban J connectivity index is 2.33. The van der Waals surface area contributed by atoms with E-state index in [1.807, 2.05) is 7.05 Å². The predicted octanol–water partition coefficient (Wildman–Crippen LogP) is 0.422. The summed E-state index contributed by atoms with van der Waals surface area (Å²) in [6.45, 7) is 0.504. The van der Waals surface area contributed by atoms with Crippen molar-refractivity contribution in [1.29, 1.82) is 0 Å². The van der Waals surface area contributed by atoms with E-state index in [2.05, 4.69) is 10.6 Å². The van der Waals surface area contributed by atoms with E-state index in [1.165, 1.54) is 26.4 Å². The van der Waals surface area contributed by atoms with Gasteiger partial charge in [0.05, 0.1) is 12.7 Å². The van der Waals surface area contributed by atoms with Crippen molar-refractivity contribution in [3.63, 3.8) is 0 Å². The molecule has 0 radical (unpaired) electrons. The summed E-state index contributed by atoms with van der Waals surface area (Å²) >= 11 is 0. The quantitative estimate of drug-likeness (QED) is 0.619. The number of ether oxygens (including phenoxy) is 1. The van der Waals surface area contributed by atoms with Crippen molar-refractivity contribution in [2.24, 2.45) is 0 Å². The molecule has 1 amide bonds. The van der Waals surface area contributed by atoms with E-state index in [9.17, 15) is 9.90 Å². The fourth-order valence-electron chi connectivity index (χ4n) is 2.60. The van der Waals surface area contributed by atoms with Crippen molar-refractivity contribution in [3.05, 3.63) is 0 Å². The Bertz CT molecular complexity index is 253. The first-order valence-electron chi connectivity index (χ1n) is 6.74. The van der Waals surface area contributed by atoms with E-state index in [0.717, 1.165) is 12.8 Å². The van der Waals surface area contributed by atoms with Gasteiger partial charge in [-0.05, 0) is 19.9 Å². The lowest BCUT2D eigenvalue weighted by molar-refractivity contribution is -0.123. The molecule has 106 valence electrons. The second kappa shape index (κ2) is 7.71. The third-order valence-electron chi connectivity index (χ3n) is 3.73. The van der Waals surface area contributed by atoms with E-state index in [1.54, 1.807) is 0 Å². The second-order valence-electron chi connectivity index (χ2n) is 5.18. The van der Waals surface area contributed by atoms with Crippen molar-refractivity contribution >= 4 is 5.91 Å². The van der Waals surface area contributed by atoms with Gasteiger partial charge in [0.15, 0.2) is 0 Å². The van der Waals surface area contributed by atoms with E-state index in [-0.39, 0.29) is 24.6 Å². The fourth-order valence-corrected chi connectivity index (χ4v) is 2.60. The number of methoxy groups -OCH3 is 1. The third-order valence-corrected chi connectivity index (χ3v) is 3.73. The maximum absolute atomic E-state index is 11.9. The maximum atomic E-state index is 11.9. The van der Waals surface area contributed by atoms with Crippen LogP contribution in [0.3, 0.4) is 0 Å². The van der Waals surface area contributed by atoms with Gasteiger partial charge in [0.2, 0.25) is 5.91 Å². The Morgan fingerprint density at radius 1 is 1.39 bits per heavy atom. The van der Waals surface area contributed by atoms with Crippen LogP contribution in [-0.2, 0) is 9.53 Å². The molecule has 3 N–H and O–H groups in total. The highest BCUT2D eigenvalue weighted by molar-refractivity contribution is 5.77. The summed E-state index contributed by atoms with van der Waals surface area (Å²) in [6, 6.07) is 0. The van der Waals surface area contributed by atoms with Gasteiger partial charge in [-0.3, -0.25) is 4.79 Å². The highest BCUT2D eigenvalue weighted by Crippen LogP contribution is 2.30.